The molecule has 1 atom stereocenters. The molecule has 1 aliphatic rings. The lowest BCUT2D eigenvalue weighted by Crippen LogP contribution is -2.54. The van der Waals surface area contributed by atoms with E-state index in [1.807, 2.05) is 0 Å². The van der Waals surface area contributed by atoms with Gasteiger partial charge in [0.15, 0.2) is 5.78 Å². The van der Waals surface area contributed by atoms with Gasteiger partial charge in [-0.05, 0) is 32.4 Å². The highest BCUT2D eigenvalue weighted by Gasteiger charge is 2.45. The molecule has 2 nitrogen and oxygen atoms in total. The molecule has 0 amide bonds. The van der Waals surface area contributed by atoms with Crippen LogP contribution in [0.4, 0.5) is 0 Å². The zero-order chi connectivity index (χ0) is 12.9. The van der Waals surface area contributed by atoms with Crippen LogP contribution >= 0.6 is 0 Å². The first-order valence-corrected chi connectivity index (χ1v) is 7.41. The molecule has 0 bridgehead atoms. The fourth-order valence-electron chi connectivity index (χ4n) is 3.53. The molecule has 0 N–H and O–H groups in total. The molecule has 0 saturated heterocycles. The van der Waals surface area contributed by atoms with E-state index in [0.29, 0.717) is 5.78 Å². The van der Waals surface area contributed by atoms with Crippen molar-refractivity contribution in [3.8, 4) is 0 Å². The summed E-state index contributed by atoms with van der Waals surface area (Å²) in [5.74, 6) is 0.749. The highest BCUT2D eigenvalue weighted by atomic mass is 16.1. The Labute approximate surface area is 107 Å². The summed E-state index contributed by atoms with van der Waals surface area (Å²) in [6.45, 7) is 10.7. The van der Waals surface area contributed by atoms with Gasteiger partial charge in [0.05, 0.1) is 5.54 Å². The monoisotopic (exact) mass is 239 g/mol. The van der Waals surface area contributed by atoms with Crippen molar-refractivity contribution >= 4 is 5.78 Å². The molecule has 2 heteroatoms. The van der Waals surface area contributed by atoms with Crippen molar-refractivity contribution in [1.82, 2.24) is 4.90 Å². The normalized spacial score (nSPS) is 20.8. The van der Waals surface area contributed by atoms with Crippen LogP contribution < -0.4 is 0 Å². The second-order valence-electron chi connectivity index (χ2n) is 5.46. The summed E-state index contributed by atoms with van der Waals surface area (Å²) >= 11 is 0. The second kappa shape index (κ2) is 6.53. The van der Waals surface area contributed by atoms with Crippen molar-refractivity contribution in [1.29, 1.82) is 0 Å². The Kier molecular flexibility index (Phi) is 5.64. The third kappa shape index (κ3) is 2.90. The van der Waals surface area contributed by atoms with Crippen LogP contribution in [0.2, 0.25) is 0 Å². The van der Waals surface area contributed by atoms with Crippen LogP contribution in [0.5, 0.6) is 0 Å². The summed E-state index contributed by atoms with van der Waals surface area (Å²) in [4.78, 5) is 15.2. The average molecular weight is 239 g/mol. The number of ketones is 1. The Balaban J connectivity index is 2.87. The highest BCUT2D eigenvalue weighted by Crippen LogP contribution is 2.38. The first kappa shape index (κ1) is 14.7. The standard InChI is InChI=1S/C15H29NO/c1-5-10-13(4)14(17)15(11-8-9-12-15)16(6-2)7-3/h13H,5-12H2,1-4H3. The van der Waals surface area contributed by atoms with Crippen molar-refractivity contribution < 1.29 is 4.79 Å². The molecule has 17 heavy (non-hydrogen) atoms. The van der Waals surface area contributed by atoms with Crippen LogP contribution in [0, 0.1) is 5.92 Å². The minimum atomic E-state index is -0.113. The summed E-state index contributed by atoms with van der Waals surface area (Å²) in [6.07, 6.45) is 6.77. The maximum Gasteiger partial charge on any atom is 0.155 e. The van der Waals surface area contributed by atoms with E-state index in [0.717, 1.165) is 38.8 Å². The molecule has 0 aromatic carbocycles. The van der Waals surface area contributed by atoms with E-state index in [9.17, 15) is 4.79 Å². The molecule has 0 heterocycles. The van der Waals surface area contributed by atoms with Crippen molar-refractivity contribution in [2.24, 2.45) is 5.92 Å². The number of likely N-dealkylation sites (N-methyl/N-ethyl adjacent to an activating group) is 1. The summed E-state index contributed by atoms with van der Waals surface area (Å²) in [6, 6.07) is 0. The fraction of sp³-hybridized carbons (Fsp3) is 0.933. The molecule has 1 fully saturated rings. The predicted molar refractivity (Wildman–Crippen MR) is 73.2 cm³/mol. The molecule has 1 unspecified atom stereocenters. The van der Waals surface area contributed by atoms with Crippen LogP contribution in [0.15, 0.2) is 0 Å². The van der Waals surface area contributed by atoms with Crippen molar-refractivity contribution in [2.45, 2.75) is 71.8 Å². The topological polar surface area (TPSA) is 20.3 Å². The molecule has 1 aliphatic carbocycles. The first-order chi connectivity index (χ1) is 8.12. The van der Waals surface area contributed by atoms with Gasteiger partial charge in [0.1, 0.15) is 0 Å². The molecule has 100 valence electrons. The number of hydrogen-bond acceptors (Lipinski definition) is 2. The first-order valence-electron chi connectivity index (χ1n) is 7.41. The van der Waals surface area contributed by atoms with Gasteiger partial charge >= 0.3 is 0 Å². The summed E-state index contributed by atoms with van der Waals surface area (Å²) in [7, 11) is 0. The molecular formula is C15H29NO. The van der Waals surface area contributed by atoms with Gasteiger partial charge in [-0.25, -0.2) is 0 Å². The van der Waals surface area contributed by atoms with Gasteiger partial charge in [-0.15, -0.1) is 0 Å². The molecule has 1 rings (SSSR count). The maximum atomic E-state index is 12.8. The minimum Gasteiger partial charge on any atom is -0.297 e. The van der Waals surface area contributed by atoms with Gasteiger partial charge < -0.3 is 0 Å². The van der Waals surface area contributed by atoms with Crippen molar-refractivity contribution in [2.75, 3.05) is 13.1 Å². The number of carbonyl (C=O) groups is 1. The lowest BCUT2D eigenvalue weighted by Gasteiger charge is -2.40. The Morgan fingerprint density at radius 3 is 2.12 bits per heavy atom. The Morgan fingerprint density at radius 1 is 1.18 bits per heavy atom. The average Bonchev–Trinajstić information content (AvgIpc) is 2.80. The molecule has 0 aromatic rings. The van der Waals surface area contributed by atoms with Crippen molar-refractivity contribution in [3.05, 3.63) is 0 Å². The fourth-order valence-corrected chi connectivity index (χ4v) is 3.53. The third-order valence-electron chi connectivity index (χ3n) is 4.43. The molecule has 0 aliphatic heterocycles. The molecule has 1 saturated carbocycles. The van der Waals surface area contributed by atoms with Crippen LogP contribution in [0.1, 0.15) is 66.2 Å². The number of carbonyl (C=O) groups excluding carboxylic acids is 1. The number of rotatable bonds is 7. The van der Waals surface area contributed by atoms with Gasteiger partial charge in [0, 0.05) is 5.92 Å². The van der Waals surface area contributed by atoms with E-state index in [2.05, 4.69) is 32.6 Å². The van der Waals surface area contributed by atoms with Gasteiger partial charge in [0.2, 0.25) is 0 Å². The smallest absolute Gasteiger partial charge is 0.155 e. The highest BCUT2D eigenvalue weighted by molar-refractivity contribution is 5.90. The minimum absolute atomic E-state index is 0.113. The Morgan fingerprint density at radius 2 is 1.71 bits per heavy atom. The van der Waals surface area contributed by atoms with Crippen LogP contribution in [-0.2, 0) is 4.79 Å². The van der Waals surface area contributed by atoms with E-state index in [1.165, 1.54) is 12.8 Å². The lowest BCUT2D eigenvalue weighted by atomic mass is 9.81. The van der Waals surface area contributed by atoms with Gasteiger partial charge in [-0.2, -0.15) is 0 Å². The number of hydrogen-bond donors (Lipinski definition) is 0. The SMILES string of the molecule is CCCC(C)C(=O)C1(N(CC)CC)CCCC1. The molecule has 0 spiro atoms. The van der Waals surface area contributed by atoms with Gasteiger partial charge in [0.25, 0.3) is 0 Å². The molecule has 0 aromatic heterocycles. The summed E-state index contributed by atoms with van der Waals surface area (Å²) < 4.78 is 0. The van der Waals surface area contributed by atoms with Gasteiger partial charge in [-0.1, -0.05) is 47.0 Å². The van der Waals surface area contributed by atoms with E-state index in [-0.39, 0.29) is 11.5 Å². The molecular weight excluding hydrogens is 210 g/mol. The van der Waals surface area contributed by atoms with E-state index in [1.54, 1.807) is 0 Å². The van der Waals surface area contributed by atoms with Crippen LogP contribution in [0.3, 0.4) is 0 Å². The number of nitrogens with zero attached hydrogens (tertiary/aromatic N) is 1. The van der Waals surface area contributed by atoms with Gasteiger partial charge in [-0.3, -0.25) is 9.69 Å². The zero-order valence-electron chi connectivity index (χ0n) is 12.1. The quantitative estimate of drug-likeness (QED) is 0.676. The summed E-state index contributed by atoms with van der Waals surface area (Å²) in [5, 5.41) is 0. The second-order valence-corrected chi connectivity index (χ2v) is 5.46. The predicted octanol–water partition coefficient (Wildman–Crippen LogP) is 3.65. The number of Topliss-reactive ketones (excluding diaryl/α,β-unsaturated/α-hetero) is 1. The van der Waals surface area contributed by atoms with Crippen molar-refractivity contribution in [3.63, 3.8) is 0 Å². The van der Waals surface area contributed by atoms with E-state index in [4.69, 9.17) is 0 Å². The third-order valence-corrected chi connectivity index (χ3v) is 4.43. The van der Waals surface area contributed by atoms with E-state index >= 15 is 0 Å². The lowest BCUT2D eigenvalue weighted by molar-refractivity contribution is -0.135. The maximum absolute atomic E-state index is 12.8. The summed E-state index contributed by atoms with van der Waals surface area (Å²) in [5.41, 5.74) is -0.113. The Hall–Kier alpha value is -0.370. The van der Waals surface area contributed by atoms with Crippen LogP contribution in [0.25, 0.3) is 0 Å². The Bertz CT molecular complexity index is 239. The van der Waals surface area contributed by atoms with Crippen LogP contribution in [-0.4, -0.2) is 29.3 Å². The largest absolute Gasteiger partial charge is 0.297 e. The molecule has 0 radical (unpaired) electrons. The van der Waals surface area contributed by atoms with E-state index < -0.39 is 0 Å². The zero-order valence-corrected chi connectivity index (χ0v) is 12.1.